The molecule has 0 aliphatic rings. The fraction of sp³-hybridized carbons (Fsp3) is 0.964. The summed E-state index contributed by atoms with van der Waals surface area (Å²) in [5, 5.41) is 0. The maximum Gasteiger partial charge on any atom is 0.305 e. The van der Waals surface area contributed by atoms with Gasteiger partial charge in [0.05, 0.1) is 99.1 Å². The number of hydrogen-bond acceptors (Lipinski definition) is 10. The van der Waals surface area contributed by atoms with Crippen molar-refractivity contribution in [2.24, 2.45) is 0 Å². The Morgan fingerprint density at radius 3 is 1.05 bits per heavy atom. The maximum absolute atomic E-state index is 11.5. The molecule has 0 fully saturated rings. The van der Waals surface area contributed by atoms with Gasteiger partial charge in [-0.3, -0.25) is 4.79 Å². The average molecular weight is 553 g/mol. The molecule has 0 aromatic rings. The maximum atomic E-state index is 11.5. The summed E-state index contributed by atoms with van der Waals surface area (Å²) in [4.78, 5) is 11.5. The lowest BCUT2D eigenvalue weighted by Gasteiger charge is -2.09. The molecule has 0 saturated carbocycles. The molecule has 0 aromatic heterocycles. The Labute approximate surface area is 231 Å². The molecular formula is C28H56O10. The first-order chi connectivity index (χ1) is 18.8. The summed E-state index contributed by atoms with van der Waals surface area (Å²) in [5.74, 6) is -0.147. The summed E-state index contributed by atoms with van der Waals surface area (Å²) in [6.45, 7) is 13.3. The topological polar surface area (TPSA) is 100 Å². The van der Waals surface area contributed by atoms with E-state index in [0.29, 0.717) is 112 Å². The van der Waals surface area contributed by atoms with Crippen LogP contribution in [0.25, 0.3) is 0 Å². The van der Waals surface area contributed by atoms with Gasteiger partial charge in [-0.25, -0.2) is 0 Å². The molecule has 0 aromatic carbocycles. The van der Waals surface area contributed by atoms with Crippen LogP contribution in [0.4, 0.5) is 0 Å². The van der Waals surface area contributed by atoms with Crippen LogP contribution in [0.3, 0.4) is 0 Å². The Morgan fingerprint density at radius 2 is 0.684 bits per heavy atom. The second-order valence-electron chi connectivity index (χ2n) is 8.64. The van der Waals surface area contributed by atoms with Gasteiger partial charge in [-0.2, -0.15) is 0 Å². The highest BCUT2D eigenvalue weighted by atomic mass is 16.6. The van der Waals surface area contributed by atoms with Crippen LogP contribution in [0.15, 0.2) is 0 Å². The van der Waals surface area contributed by atoms with Gasteiger partial charge in [0.2, 0.25) is 0 Å². The van der Waals surface area contributed by atoms with Crippen LogP contribution >= 0.6 is 0 Å². The molecule has 0 atom stereocenters. The Hall–Kier alpha value is -0.850. The summed E-state index contributed by atoms with van der Waals surface area (Å²) >= 11 is 0. The number of rotatable bonds is 33. The molecule has 10 nitrogen and oxygen atoms in total. The van der Waals surface area contributed by atoms with E-state index in [9.17, 15) is 4.79 Å². The van der Waals surface area contributed by atoms with E-state index >= 15 is 0 Å². The molecule has 38 heavy (non-hydrogen) atoms. The smallest absolute Gasteiger partial charge is 0.305 e. The monoisotopic (exact) mass is 552 g/mol. The van der Waals surface area contributed by atoms with Crippen molar-refractivity contribution in [1.82, 2.24) is 0 Å². The molecule has 0 unspecified atom stereocenters. The first kappa shape index (κ1) is 37.1. The zero-order valence-electron chi connectivity index (χ0n) is 24.3. The fourth-order valence-electron chi connectivity index (χ4n) is 3.08. The molecule has 0 bridgehead atoms. The molecule has 0 aliphatic carbocycles. The van der Waals surface area contributed by atoms with Crippen molar-refractivity contribution < 1.29 is 47.4 Å². The standard InChI is InChI=1S/C28H56O10/c1-3-5-7-8-10-28(29)38-27-26-37-25-24-36-23-22-35-21-20-34-19-18-33-17-16-32-15-14-31-13-12-30-11-9-6-4-2/h3-27H2,1-2H3. The van der Waals surface area contributed by atoms with Crippen LogP contribution < -0.4 is 0 Å². The summed E-state index contributed by atoms with van der Waals surface area (Å²) in [6.07, 6.45) is 8.33. The Bertz CT molecular complexity index is 453. The van der Waals surface area contributed by atoms with Gasteiger partial charge < -0.3 is 42.6 Å². The van der Waals surface area contributed by atoms with Crippen molar-refractivity contribution in [3.8, 4) is 0 Å². The van der Waals surface area contributed by atoms with Crippen LogP contribution in [0, 0.1) is 0 Å². The highest BCUT2D eigenvalue weighted by molar-refractivity contribution is 5.69. The predicted octanol–water partition coefficient (Wildman–Crippen LogP) is 3.82. The first-order valence-corrected chi connectivity index (χ1v) is 14.6. The van der Waals surface area contributed by atoms with E-state index < -0.39 is 0 Å². The largest absolute Gasteiger partial charge is 0.463 e. The van der Waals surface area contributed by atoms with E-state index in [0.717, 1.165) is 38.7 Å². The number of carbonyl (C=O) groups is 1. The van der Waals surface area contributed by atoms with Gasteiger partial charge in [-0.15, -0.1) is 0 Å². The van der Waals surface area contributed by atoms with Gasteiger partial charge in [0, 0.05) is 13.0 Å². The van der Waals surface area contributed by atoms with Crippen molar-refractivity contribution in [3.05, 3.63) is 0 Å². The van der Waals surface area contributed by atoms with Crippen LogP contribution in [0.1, 0.15) is 65.2 Å². The average Bonchev–Trinajstić information content (AvgIpc) is 2.92. The van der Waals surface area contributed by atoms with Crippen molar-refractivity contribution >= 4 is 5.97 Å². The number of hydrogen-bond donors (Lipinski definition) is 0. The van der Waals surface area contributed by atoms with Gasteiger partial charge in [-0.1, -0.05) is 46.0 Å². The molecule has 0 amide bonds. The Balaban J connectivity index is 3.07. The highest BCUT2D eigenvalue weighted by Gasteiger charge is 2.02. The SMILES string of the molecule is CCCCCCC(=O)OCCOCCOCCOCCOCCOCCOCCOCCOCCCCC. The van der Waals surface area contributed by atoms with Crippen LogP contribution in [-0.2, 0) is 47.4 Å². The van der Waals surface area contributed by atoms with Gasteiger partial charge >= 0.3 is 5.97 Å². The molecule has 0 radical (unpaired) electrons. The second kappa shape index (κ2) is 34.2. The van der Waals surface area contributed by atoms with Crippen molar-refractivity contribution in [2.45, 2.75) is 65.2 Å². The van der Waals surface area contributed by atoms with E-state index in [1.54, 1.807) is 0 Å². The minimum Gasteiger partial charge on any atom is -0.463 e. The third-order valence-electron chi connectivity index (χ3n) is 5.22. The molecule has 0 spiro atoms. The number of carbonyl (C=O) groups excluding carboxylic acids is 1. The van der Waals surface area contributed by atoms with Crippen LogP contribution in [-0.4, -0.2) is 118 Å². The van der Waals surface area contributed by atoms with Crippen molar-refractivity contribution in [3.63, 3.8) is 0 Å². The molecule has 0 aliphatic heterocycles. The molecule has 0 saturated heterocycles. The minimum atomic E-state index is -0.147. The zero-order valence-corrected chi connectivity index (χ0v) is 24.3. The molecule has 10 heteroatoms. The fourth-order valence-corrected chi connectivity index (χ4v) is 3.08. The van der Waals surface area contributed by atoms with Crippen LogP contribution in [0.2, 0.25) is 0 Å². The Morgan fingerprint density at radius 1 is 0.368 bits per heavy atom. The number of ether oxygens (including phenoxy) is 9. The summed E-state index contributed by atoms with van der Waals surface area (Å²) in [5.41, 5.74) is 0. The lowest BCUT2D eigenvalue weighted by atomic mass is 10.2. The lowest BCUT2D eigenvalue weighted by Crippen LogP contribution is -2.15. The molecule has 0 heterocycles. The second-order valence-corrected chi connectivity index (χ2v) is 8.64. The normalized spacial score (nSPS) is 11.3. The van der Waals surface area contributed by atoms with E-state index in [-0.39, 0.29) is 5.97 Å². The van der Waals surface area contributed by atoms with Crippen molar-refractivity contribution in [2.75, 3.05) is 112 Å². The van der Waals surface area contributed by atoms with Gasteiger partial charge in [-0.05, 0) is 12.8 Å². The predicted molar refractivity (Wildman–Crippen MR) is 146 cm³/mol. The van der Waals surface area contributed by atoms with Gasteiger partial charge in [0.15, 0.2) is 0 Å². The molecular weight excluding hydrogens is 496 g/mol. The first-order valence-electron chi connectivity index (χ1n) is 14.6. The third-order valence-corrected chi connectivity index (χ3v) is 5.22. The Kier molecular flexibility index (Phi) is 33.4. The highest BCUT2D eigenvalue weighted by Crippen LogP contribution is 2.03. The summed E-state index contributed by atoms with van der Waals surface area (Å²) in [7, 11) is 0. The quantitative estimate of drug-likeness (QED) is 0.0882. The summed E-state index contributed by atoms with van der Waals surface area (Å²) in [6, 6.07) is 0. The molecule has 228 valence electrons. The van der Waals surface area contributed by atoms with E-state index in [2.05, 4.69) is 13.8 Å². The number of esters is 1. The van der Waals surface area contributed by atoms with Crippen LogP contribution in [0.5, 0.6) is 0 Å². The molecule has 0 rings (SSSR count). The summed E-state index contributed by atoms with van der Waals surface area (Å²) < 4.78 is 48.7. The third kappa shape index (κ3) is 33.2. The van der Waals surface area contributed by atoms with Crippen molar-refractivity contribution in [1.29, 1.82) is 0 Å². The minimum absolute atomic E-state index is 0.147. The molecule has 0 N–H and O–H groups in total. The van der Waals surface area contributed by atoms with E-state index in [1.807, 2.05) is 0 Å². The number of unbranched alkanes of at least 4 members (excludes halogenated alkanes) is 5. The van der Waals surface area contributed by atoms with Gasteiger partial charge in [0.25, 0.3) is 0 Å². The zero-order chi connectivity index (χ0) is 27.6. The van der Waals surface area contributed by atoms with Gasteiger partial charge in [0.1, 0.15) is 6.61 Å². The lowest BCUT2D eigenvalue weighted by molar-refractivity contribution is -0.145. The van der Waals surface area contributed by atoms with E-state index in [4.69, 9.17) is 42.6 Å². The van der Waals surface area contributed by atoms with E-state index in [1.165, 1.54) is 12.8 Å².